The van der Waals surface area contributed by atoms with Crippen molar-refractivity contribution in [3.05, 3.63) is 0 Å². The minimum absolute atomic E-state index is 0. The monoisotopic (exact) mass is 437 g/mol. The molecule has 0 aliphatic carbocycles. The summed E-state index contributed by atoms with van der Waals surface area (Å²) < 4.78 is 0.266. The molecule has 0 aromatic carbocycles. The Balaban J connectivity index is 0. The first-order valence-electron chi connectivity index (χ1n) is 10.8. The predicted molar refractivity (Wildman–Crippen MR) is 108 cm³/mol. The third-order valence-electron chi connectivity index (χ3n) is 5.39. The summed E-state index contributed by atoms with van der Waals surface area (Å²) >= 11 is 0. The molecule has 0 atom stereocenters. The van der Waals surface area contributed by atoms with Crippen LogP contribution in [0.25, 0.3) is 0 Å². The van der Waals surface area contributed by atoms with E-state index >= 15 is 0 Å². The summed E-state index contributed by atoms with van der Waals surface area (Å²) in [5.41, 5.74) is 0. The third kappa shape index (κ3) is 18.4. The van der Waals surface area contributed by atoms with Crippen molar-refractivity contribution in [3.63, 3.8) is 0 Å². The molecule has 0 aliphatic rings. The number of quaternary nitrogens is 1. The van der Waals surface area contributed by atoms with Crippen molar-refractivity contribution in [1.29, 1.82) is 0 Å². The van der Waals surface area contributed by atoms with Gasteiger partial charge in [0, 0.05) is 0 Å². The molecular weight excluding hydrogens is 398 g/mol. The van der Waals surface area contributed by atoms with E-state index in [1.165, 1.54) is 44.9 Å². The van der Waals surface area contributed by atoms with Crippen molar-refractivity contribution >= 4 is 17.9 Å². The van der Waals surface area contributed by atoms with E-state index in [2.05, 4.69) is 6.92 Å². The Labute approximate surface area is 181 Å². The number of hydrogen-bond donors (Lipinski definition) is 3. The average molecular weight is 438 g/mol. The molecule has 0 fully saturated rings. The van der Waals surface area contributed by atoms with Gasteiger partial charge in [-0.15, -0.1) is 0 Å². The van der Waals surface area contributed by atoms with Crippen LogP contribution in [0.2, 0.25) is 0 Å². The van der Waals surface area contributed by atoms with Gasteiger partial charge in [0.05, 0.1) is 45.4 Å². The lowest BCUT2D eigenvalue weighted by atomic mass is 10.1. The van der Waals surface area contributed by atoms with Crippen molar-refractivity contribution in [1.82, 2.24) is 0 Å². The molecule has 8 heteroatoms. The maximum atomic E-state index is 11.0. The first kappa shape index (κ1) is 29.9. The molecule has 0 saturated heterocycles. The second kappa shape index (κ2) is 18.7. The van der Waals surface area contributed by atoms with Crippen molar-refractivity contribution < 1.29 is 46.6 Å². The van der Waals surface area contributed by atoms with E-state index in [4.69, 9.17) is 15.3 Å². The van der Waals surface area contributed by atoms with Crippen LogP contribution in [0.3, 0.4) is 0 Å². The first-order chi connectivity index (χ1) is 13.3. The Hall–Kier alpha value is -1.34. The minimum atomic E-state index is -0.934. The van der Waals surface area contributed by atoms with Crippen LogP contribution < -0.4 is 12.4 Å². The van der Waals surface area contributed by atoms with E-state index < -0.39 is 17.9 Å². The van der Waals surface area contributed by atoms with E-state index in [9.17, 15) is 14.4 Å². The number of aliphatic carboxylic acids is 3. The maximum Gasteiger partial charge on any atom is 0.309 e. The van der Waals surface area contributed by atoms with Crippen LogP contribution in [0, 0.1) is 0 Å². The highest BCUT2D eigenvalue weighted by molar-refractivity contribution is 5.67. The topological polar surface area (TPSA) is 112 Å². The summed E-state index contributed by atoms with van der Waals surface area (Å²) in [5, 5.41) is 27.1. The molecular formula is C21H40ClNO6. The highest BCUT2D eigenvalue weighted by Gasteiger charge is 2.29. The molecule has 0 saturated carbocycles. The number of hydrogen-bond acceptors (Lipinski definition) is 3. The highest BCUT2D eigenvalue weighted by Crippen LogP contribution is 2.17. The summed E-state index contributed by atoms with van der Waals surface area (Å²) in [5.74, 6) is -2.80. The lowest BCUT2D eigenvalue weighted by Gasteiger charge is -2.38. The molecule has 172 valence electrons. The van der Waals surface area contributed by atoms with E-state index in [-0.39, 0.29) is 55.8 Å². The lowest BCUT2D eigenvalue weighted by molar-refractivity contribution is -0.927. The van der Waals surface area contributed by atoms with Gasteiger partial charge in [-0.05, 0) is 12.8 Å². The van der Waals surface area contributed by atoms with Gasteiger partial charge in [0.2, 0.25) is 0 Å². The fourth-order valence-electron chi connectivity index (χ4n) is 3.60. The number of halogens is 1. The SMILES string of the molecule is CCCCCCCCCCCC[N+](CCC(=O)O)(CCC(=O)O)CCC(=O)O.[Cl-]. The van der Waals surface area contributed by atoms with E-state index in [1.54, 1.807) is 0 Å². The number of carboxylic acids is 3. The average Bonchev–Trinajstić information content (AvgIpc) is 2.63. The molecule has 0 amide bonds. The second-order valence-electron chi connectivity index (χ2n) is 7.85. The zero-order valence-electron chi connectivity index (χ0n) is 17.9. The molecule has 0 aromatic heterocycles. The molecule has 0 bridgehead atoms. The van der Waals surface area contributed by atoms with Crippen LogP contribution in [-0.2, 0) is 14.4 Å². The Morgan fingerprint density at radius 3 is 1.17 bits per heavy atom. The molecule has 29 heavy (non-hydrogen) atoms. The summed E-state index contributed by atoms with van der Waals surface area (Å²) in [6.45, 7) is 3.71. The van der Waals surface area contributed by atoms with E-state index in [0.29, 0.717) is 6.54 Å². The second-order valence-corrected chi connectivity index (χ2v) is 7.85. The van der Waals surface area contributed by atoms with Gasteiger partial charge >= 0.3 is 17.9 Å². The number of unbranched alkanes of at least 4 members (excludes halogenated alkanes) is 9. The number of nitrogens with zero attached hydrogens (tertiary/aromatic N) is 1. The fourth-order valence-corrected chi connectivity index (χ4v) is 3.60. The number of carbonyl (C=O) groups is 3. The zero-order chi connectivity index (χ0) is 21.3. The van der Waals surface area contributed by atoms with Gasteiger partial charge in [-0.2, -0.15) is 0 Å². The molecule has 0 rings (SSSR count). The predicted octanol–water partition coefficient (Wildman–Crippen LogP) is 1.15. The Morgan fingerprint density at radius 2 is 0.862 bits per heavy atom. The van der Waals surface area contributed by atoms with Crippen LogP contribution in [0.4, 0.5) is 0 Å². The third-order valence-corrected chi connectivity index (χ3v) is 5.39. The molecule has 0 unspecified atom stereocenters. The largest absolute Gasteiger partial charge is 1.00 e. The lowest BCUT2D eigenvalue weighted by Crippen LogP contribution is -3.00. The molecule has 0 aliphatic heterocycles. The highest BCUT2D eigenvalue weighted by atomic mass is 35.5. The van der Waals surface area contributed by atoms with Gasteiger partial charge < -0.3 is 32.2 Å². The first-order valence-corrected chi connectivity index (χ1v) is 10.8. The quantitative estimate of drug-likeness (QED) is 0.194. The van der Waals surface area contributed by atoms with E-state index in [0.717, 1.165) is 19.3 Å². The van der Waals surface area contributed by atoms with Crippen LogP contribution in [0.5, 0.6) is 0 Å². The smallest absolute Gasteiger partial charge is 0.309 e. The van der Waals surface area contributed by atoms with E-state index in [1.807, 2.05) is 0 Å². The Morgan fingerprint density at radius 1 is 0.552 bits per heavy atom. The van der Waals surface area contributed by atoms with Gasteiger partial charge in [-0.1, -0.05) is 58.3 Å². The van der Waals surface area contributed by atoms with Gasteiger partial charge in [0.25, 0.3) is 0 Å². The summed E-state index contributed by atoms with van der Waals surface area (Å²) in [6, 6.07) is 0. The molecule has 0 radical (unpaired) electrons. The molecule has 0 spiro atoms. The van der Waals surface area contributed by atoms with Crippen molar-refractivity contribution in [2.45, 2.75) is 90.4 Å². The molecule has 3 N–H and O–H groups in total. The van der Waals surface area contributed by atoms with Crippen LogP contribution >= 0.6 is 0 Å². The van der Waals surface area contributed by atoms with Gasteiger partial charge in [-0.3, -0.25) is 14.4 Å². The molecule has 0 aromatic rings. The van der Waals surface area contributed by atoms with Crippen LogP contribution in [-0.4, -0.2) is 63.9 Å². The Kier molecular flexibility index (Phi) is 19.2. The van der Waals surface area contributed by atoms with Gasteiger partial charge in [0.15, 0.2) is 0 Å². The summed E-state index contributed by atoms with van der Waals surface area (Å²) in [4.78, 5) is 33.1. The minimum Gasteiger partial charge on any atom is -1.00 e. The van der Waals surface area contributed by atoms with Crippen LogP contribution in [0.15, 0.2) is 0 Å². The summed E-state index contributed by atoms with van der Waals surface area (Å²) in [6.07, 6.45) is 11.7. The fraction of sp³-hybridized carbons (Fsp3) is 0.857. The molecule has 7 nitrogen and oxygen atoms in total. The number of carboxylic acid groups (broad SMARTS) is 3. The van der Waals surface area contributed by atoms with Gasteiger partial charge in [0.1, 0.15) is 0 Å². The standard InChI is InChI=1S/C21H39NO6.ClH/c1-2-3-4-5-6-7-8-9-10-11-15-22(16-12-19(23)24,17-13-20(25)26)18-14-21(27)28;/h2-18H2,1H3,(H2-,23,24,25,26,27,28);1H. The molecule has 0 heterocycles. The normalized spacial score (nSPS) is 11.1. The van der Waals surface area contributed by atoms with Gasteiger partial charge in [-0.25, -0.2) is 0 Å². The zero-order valence-corrected chi connectivity index (χ0v) is 18.7. The Bertz CT molecular complexity index is 413. The van der Waals surface area contributed by atoms with Crippen molar-refractivity contribution in [3.8, 4) is 0 Å². The van der Waals surface area contributed by atoms with Crippen molar-refractivity contribution in [2.24, 2.45) is 0 Å². The van der Waals surface area contributed by atoms with Crippen LogP contribution in [0.1, 0.15) is 90.4 Å². The van der Waals surface area contributed by atoms with Crippen molar-refractivity contribution in [2.75, 3.05) is 26.2 Å². The summed E-state index contributed by atoms with van der Waals surface area (Å²) in [7, 11) is 0. The number of rotatable bonds is 20. The maximum absolute atomic E-state index is 11.0.